The zero-order valence-corrected chi connectivity index (χ0v) is 13.0. The largest absolute Gasteiger partial charge is 0.348 e. The molecule has 0 aliphatic carbocycles. The molecule has 1 amide bonds. The van der Waals surface area contributed by atoms with Crippen LogP contribution in [0.25, 0.3) is 0 Å². The van der Waals surface area contributed by atoms with Crippen LogP contribution in [0.1, 0.15) is 23.7 Å². The Morgan fingerprint density at radius 3 is 2.82 bits per heavy atom. The fraction of sp³-hybridized carbons (Fsp3) is 0.417. The molecule has 94 valence electrons. The second-order valence-electron chi connectivity index (χ2n) is 3.66. The summed E-state index contributed by atoms with van der Waals surface area (Å²) in [5.41, 5.74) is 0.595. The summed E-state index contributed by atoms with van der Waals surface area (Å²) in [6.07, 6.45) is 2.96. The molecule has 1 rings (SSSR count). The van der Waals surface area contributed by atoms with Crippen LogP contribution >= 0.6 is 39.3 Å². The number of hydrogen-bond donors (Lipinski definition) is 1. The van der Waals surface area contributed by atoms with Gasteiger partial charge < -0.3 is 5.32 Å². The molecule has 0 aliphatic heterocycles. The van der Waals surface area contributed by atoms with Crippen LogP contribution in [0.2, 0.25) is 5.02 Å². The molecular formula is C12H15BrClNOS. The van der Waals surface area contributed by atoms with E-state index in [1.165, 1.54) is 0 Å². The third-order valence-corrected chi connectivity index (χ3v) is 4.35. The molecule has 5 heteroatoms. The number of benzene rings is 1. The summed E-state index contributed by atoms with van der Waals surface area (Å²) in [7, 11) is 0. The van der Waals surface area contributed by atoms with Crippen molar-refractivity contribution in [2.24, 2.45) is 0 Å². The van der Waals surface area contributed by atoms with Gasteiger partial charge in [-0.2, -0.15) is 11.8 Å². The number of nitrogens with one attached hydrogen (secondary N) is 1. The van der Waals surface area contributed by atoms with E-state index in [9.17, 15) is 4.79 Å². The predicted octanol–water partition coefficient (Wildman–Crippen LogP) is 3.97. The normalized spacial score (nSPS) is 12.2. The maximum Gasteiger partial charge on any atom is 0.251 e. The lowest BCUT2D eigenvalue weighted by molar-refractivity contribution is 0.0940. The van der Waals surface area contributed by atoms with E-state index in [2.05, 4.69) is 28.2 Å². The van der Waals surface area contributed by atoms with Crippen molar-refractivity contribution in [2.75, 3.05) is 12.0 Å². The van der Waals surface area contributed by atoms with Crippen molar-refractivity contribution in [1.29, 1.82) is 0 Å². The molecule has 0 saturated carbocycles. The molecule has 2 nitrogen and oxygen atoms in total. The molecule has 0 aromatic heterocycles. The first-order valence-corrected chi connectivity index (χ1v) is 7.89. The highest BCUT2D eigenvalue weighted by Crippen LogP contribution is 2.23. The minimum absolute atomic E-state index is 0.0692. The molecule has 0 spiro atoms. The predicted molar refractivity (Wildman–Crippen MR) is 79.1 cm³/mol. The summed E-state index contributed by atoms with van der Waals surface area (Å²) in [6, 6.07) is 5.43. The Kier molecular flexibility index (Phi) is 6.38. The summed E-state index contributed by atoms with van der Waals surface area (Å²) in [5.74, 6) is 0.854. The van der Waals surface area contributed by atoms with Crippen molar-refractivity contribution < 1.29 is 4.79 Å². The standard InChI is InChI=1S/C12H15BrClNOS/c1-3-9(7-17-2)15-12(16)8-4-5-10(13)11(14)6-8/h4-6,9H,3,7H2,1-2H3,(H,15,16). The van der Waals surface area contributed by atoms with Crippen LogP contribution in [0, 0.1) is 0 Å². The fourth-order valence-electron chi connectivity index (χ4n) is 1.37. The first kappa shape index (κ1) is 14.9. The third kappa shape index (κ3) is 4.53. The van der Waals surface area contributed by atoms with Crippen molar-refractivity contribution in [2.45, 2.75) is 19.4 Å². The van der Waals surface area contributed by atoms with Gasteiger partial charge in [0.25, 0.3) is 5.91 Å². The quantitative estimate of drug-likeness (QED) is 0.881. The average molecular weight is 337 g/mol. The highest BCUT2D eigenvalue weighted by Gasteiger charge is 2.12. The summed E-state index contributed by atoms with van der Waals surface area (Å²) < 4.78 is 0.798. The topological polar surface area (TPSA) is 29.1 Å². The van der Waals surface area contributed by atoms with Crippen molar-refractivity contribution in [1.82, 2.24) is 5.32 Å². The number of hydrogen-bond acceptors (Lipinski definition) is 2. The van der Waals surface area contributed by atoms with E-state index in [-0.39, 0.29) is 11.9 Å². The van der Waals surface area contributed by atoms with Gasteiger partial charge in [0.15, 0.2) is 0 Å². The zero-order valence-electron chi connectivity index (χ0n) is 9.80. The first-order valence-electron chi connectivity index (χ1n) is 5.33. The molecule has 0 heterocycles. The van der Waals surface area contributed by atoms with Crippen molar-refractivity contribution in [3.8, 4) is 0 Å². The monoisotopic (exact) mass is 335 g/mol. The molecule has 17 heavy (non-hydrogen) atoms. The number of rotatable bonds is 5. The third-order valence-electron chi connectivity index (χ3n) is 2.38. The fourth-order valence-corrected chi connectivity index (χ4v) is 2.52. The SMILES string of the molecule is CCC(CSC)NC(=O)c1ccc(Br)c(Cl)c1. The summed E-state index contributed by atoms with van der Waals surface area (Å²) >= 11 is 11.0. The zero-order chi connectivity index (χ0) is 12.8. The van der Waals surface area contributed by atoms with Gasteiger partial charge in [0.1, 0.15) is 0 Å². The highest BCUT2D eigenvalue weighted by molar-refractivity contribution is 9.10. The minimum Gasteiger partial charge on any atom is -0.348 e. The highest BCUT2D eigenvalue weighted by atomic mass is 79.9. The molecule has 0 fully saturated rings. The Labute approximate surface area is 120 Å². The Morgan fingerprint density at radius 2 is 2.29 bits per heavy atom. The van der Waals surface area contributed by atoms with Crippen LogP contribution in [0.3, 0.4) is 0 Å². The first-order chi connectivity index (χ1) is 8.08. The van der Waals surface area contributed by atoms with Gasteiger partial charge in [-0.05, 0) is 46.8 Å². The molecule has 0 radical (unpaired) electrons. The van der Waals surface area contributed by atoms with Gasteiger partial charge in [0.05, 0.1) is 5.02 Å². The molecule has 0 saturated heterocycles. The number of thioether (sulfide) groups is 1. The van der Waals surface area contributed by atoms with Gasteiger partial charge in [-0.25, -0.2) is 0 Å². The summed E-state index contributed by atoms with van der Waals surface area (Å²) in [6.45, 7) is 2.07. The smallest absolute Gasteiger partial charge is 0.251 e. The van der Waals surface area contributed by atoms with Gasteiger partial charge >= 0.3 is 0 Å². The van der Waals surface area contributed by atoms with Crippen LogP contribution < -0.4 is 5.32 Å². The van der Waals surface area contributed by atoms with E-state index < -0.39 is 0 Å². The van der Waals surface area contributed by atoms with E-state index in [0.29, 0.717) is 10.6 Å². The van der Waals surface area contributed by atoms with Crippen LogP contribution in [-0.4, -0.2) is 24.0 Å². The Bertz CT molecular complexity index is 400. The van der Waals surface area contributed by atoms with Gasteiger partial charge in [-0.15, -0.1) is 0 Å². The number of carbonyl (C=O) groups is 1. The Balaban J connectivity index is 2.72. The van der Waals surface area contributed by atoms with Gasteiger partial charge in [-0.3, -0.25) is 4.79 Å². The van der Waals surface area contributed by atoms with Crippen molar-refractivity contribution >= 4 is 45.2 Å². The Morgan fingerprint density at radius 1 is 1.59 bits per heavy atom. The molecule has 1 aromatic carbocycles. The lowest BCUT2D eigenvalue weighted by Gasteiger charge is -2.15. The van der Waals surface area contributed by atoms with Crippen LogP contribution in [0.4, 0.5) is 0 Å². The van der Waals surface area contributed by atoms with Gasteiger partial charge in [0, 0.05) is 21.8 Å². The molecule has 1 atom stereocenters. The van der Waals surface area contributed by atoms with E-state index in [0.717, 1.165) is 16.6 Å². The van der Waals surface area contributed by atoms with Crippen molar-refractivity contribution in [3.63, 3.8) is 0 Å². The average Bonchev–Trinajstić information content (AvgIpc) is 2.31. The molecule has 0 aliphatic rings. The van der Waals surface area contributed by atoms with E-state index >= 15 is 0 Å². The maximum atomic E-state index is 12.0. The lowest BCUT2D eigenvalue weighted by atomic mass is 10.2. The minimum atomic E-state index is -0.0692. The maximum absolute atomic E-state index is 12.0. The summed E-state index contributed by atoms with van der Waals surface area (Å²) in [4.78, 5) is 12.0. The van der Waals surface area contributed by atoms with Gasteiger partial charge in [0.2, 0.25) is 0 Å². The lowest BCUT2D eigenvalue weighted by Crippen LogP contribution is -2.36. The second-order valence-corrected chi connectivity index (χ2v) is 5.84. The molecule has 1 aromatic rings. The molecule has 1 N–H and O–H groups in total. The van der Waals surface area contributed by atoms with E-state index in [1.54, 1.807) is 30.0 Å². The Hall–Kier alpha value is -0.190. The molecular weight excluding hydrogens is 322 g/mol. The molecule has 1 unspecified atom stereocenters. The van der Waals surface area contributed by atoms with Crippen molar-refractivity contribution in [3.05, 3.63) is 33.3 Å². The number of carbonyl (C=O) groups excluding carboxylic acids is 1. The van der Waals surface area contributed by atoms with E-state index in [4.69, 9.17) is 11.6 Å². The van der Waals surface area contributed by atoms with Gasteiger partial charge in [-0.1, -0.05) is 18.5 Å². The summed E-state index contributed by atoms with van der Waals surface area (Å²) in [5, 5.41) is 3.55. The van der Waals surface area contributed by atoms with Crippen LogP contribution in [0.15, 0.2) is 22.7 Å². The second kappa shape index (κ2) is 7.29. The number of halogens is 2. The number of amides is 1. The van der Waals surface area contributed by atoms with Crippen LogP contribution in [-0.2, 0) is 0 Å². The molecule has 0 bridgehead atoms. The van der Waals surface area contributed by atoms with Crippen LogP contribution in [0.5, 0.6) is 0 Å². The van der Waals surface area contributed by atoms with E-state index in [1.807, 2.05) is 6.26 Å².